The van der Waals surface area contributed by atoms with Gasteiger partial charge in [-0.2, -0.15) is 0 Å². The molecule has 5 heteroatoms. The van der Waals surface area contributed by atoms with Gasteiger partial charge < -0.3 is 14.5 Å². The van der Waals surface area contributed by atoms with E-state index in [4.69, 9.17) is 9.15 Å². The van der Waals surface area contributed by atoms with Crippen molar-refractivity contribution in [2.45, 2.75) is 32.7 Å². The van der Waals surface area contributed by atoms with Crippen molar-refractivity contribution in [3.8, 4) is 17.1 Å². The first kappa shape index (κ1) is 18.7. The molecule has 5 nitrogen and oxygen atoms in total. The molecule has 0 aliphatic heterocycles. The predicted octanol–water partition coefficient (Wildman–Crippen LogP) is 4.55. The summed E-state index contributed by atoms with van der Waals surface area (Å²) < 4.78 is 11.2. The number of hydrogen-bond acceptors (Lipinski definition) is 4. The van der Waals surface area contributed by atoms with Crippen molar-refractivity contribution in [2.24, 2.45) is 0 Å². The Balaban J connectivity index is 1.52. The van der Waals surface area contributed by atoms with Crippen LogP contribution in [0.5, 0.6) is 5.75 Å². The van der Waals surface area contributed by atoms with Gasteiger partial charge in [-0.15, -0.1) is 0 Å². The Hall–Kier alpha value is -3.08. The molecule has 3 rings (SSSR count). The van der Waals surface area contributed by atoms with Gasteiger partial charge in [0.1, 0.15) is 5.75 Å². The molecule has 140 valence electrons. The van der Waals surface area contributed by atoms with E-state index >= 15 is 0 Å². The van der Waals surface area contributed by atoms with Crippen LogP contribution in [0.2, 0.25) is 0 Å². The number of carbonyl (C=O) groups is 1. The second kappa shape index (κ2) is 9.03. The highest BCUT2D eigenvalue weighted by Crippen LogP contribution is 2.23. The van der Waals surface area contributed by atoms with E-state index in [1.54, 1.807) is 6.20 Å². The molecule has 0 radical (unpaired) electrons. The smallest absolute Gasteiger partial charge is 0.220 e. The fourth-order valence-corrected chi connectivity index (χ4v) is 2.80. The quantitative estimate of drug-likeness (QED) is 0.637. The van der Waals surface area contributed by atoms with Gasteiger partial charge in [0.05, 0.1) is 18.8 Å². The number of amides is 1. The first-order valence-corrected chi connectivity index (χ1v) is 9.18. The van der Waals surface area contributed by atoms with Gasteiger partial charge in [0, 0.05) is 18.4 Å². The Morgan fingerprint density at radius 3 is 2.59 bits per heavy atom. The number of carbonyl (C=O) groups excluding carboxylic acids is 1. The molecule has 0 spiro atoms. The van der Waals surface area contributed by atoms with Crippen LogP contribution in [0.4, 0.5) is 0 Å². The number of nitrogens with zero attached hydrogens (tertiary/aromatic N) is 1. The van der Waals surface area contributed by atoms with Crippen LogP contribution in [0.3, 0.4) is 0 Å². The van der Waals surface area contributed by atoms with Crippen molar-refractivity contribution in [2.75, 3.05) is 6.61 Å². The van der Waals surface area contributed by atoms with Crippen molar-refractivity contribution in [3.63, 3.8) is 0 Å². The minimum Gasteiger partial charge on any atom is -0.494 e. The molecule has 0 saturated carbocycles. The van der Waals surface area contributed by atoms with Gasteiger partial charge in [-0.05, 0) is 43.7 Å². The lowest BCUT2D eigenvalue weighted by Gasteiger charge is -2.13. The van der Waals surface area contributed by atoms with E-state index < -0.39 is 0 Å². The van der Waals surface area contributed by atoms with Crippen LogP contribution < -0.4 is 10.1 Å². The third kappa shape index (κ3) is 5.20. The van der Waals surface area contributed by atoms with Crippen molar-refractivity contribution >= 4 is 5.91 Å². The van der Waals surface area contributed by atoms with E-state index in [-0.39, 0.29) is 11.9 Å². The third-order valence-electron chi connectivity index (χ3n) is 4.25. The normalized spacial score (nSPS) is 11.8. The first-order chi connectivity index (χ1) is 13.2. The van der Waals surface area contributed by atoms with Crippen LogP contribution >= 0.6 is 0 Å². The maximum absolute atomic E-state index is 12.2. The summed E-state index contributed by atoms with van der Waals surface area (Å²) >= 11 is 0. The summed E-state index contributed by atoms with van der Waals surface area (Å²) in [5, 5.41) is 3.00. The second-order valence-corrected chi connectivity index (χ2v) is 6.28. The molecule has 0 bridgehead atoms. The first-order valence-electron chi connectivity index (χ1n) is 9.18. The number of nitrogens with one attached hydrogen (secondary N) is 1. The van der Waals surface area contributed by atoms with Crippen LogP contribution in [0.1, 0.15) is 37.8 Å². The number of aromatic nitrogens is 1. The average molecular weight is 364 g/mol. The highest BCUT2D eigenvalue weighted by molar-refractivity contribution is 5.76. The number of aryl methyl sites for hydroxylation is 1. The molecule has 3 aromatic rings. The van der Waals surface area contributed by atoms with Crippen molar-refractivity contribution in [1.82, 2.24) is 10.3 Å². The van der Waals surface area contributed by atoms with E-state index in [1.165, 1.54) is 0 Å². The fraction of sp³-hybridized carbons (Fsp3) is 0.273. The zero-order valence-corrected chi connectivity index (χ0v) is 15.6. The molecule has 0 aliphatic carbocycles. The van der Waals surface area contributed by atoms with Gasteiger partial charge in [-0.25, -0.2) is 4.98 Å². The van der Waals surface area contributed by atoms with E-state index in [0.717, 1.165) is 16.9 Å². The summed E-state index contributed by atoms with van der Waals surface area (Å²) in [5.41, 5.74) is 2.01. The summed E-state index contributed by atoms with van der Waals surface area (Å²) in [6.07, 6.45) is 2.49. The van der Waals surface area contributed by atoms with E-state index in [1.807, 2.05) is 68.4 Å². The molecule has 1 atom stereocenters. The summed E-state index contributed by atoms with van der Waals surface area (Å²) in [5.74, 6) is 2.05. The molecule has 2 aromatic carbocycles. The highest BCUT2D eigenvalue weighted by atomic mass is 16.5. The van der Waals surface area contributed by atoms with Gasteiger partial charge in [0.2, 0.25) is 5.91 Å². The van der Waals surface area contributed by atoms with Crippen molar-refractivity contribution < 1.29 is 13.9 Å². The molecule has 1 amide bonds. The summed E-state index contributed by atoms with van der Waals surface area (Å²) in [7, 11) is 0. The molecule has 1 N–H and O–H groups in total. The topological polar surface area (TPSA) is 64.4 Å². The number of hydrogen-bond donors (Lipinski definition) is 1. The lowest BCUT2D eigenvalue weighted by molar-refractivity contribution is -0.121. The van der Waals surface area contributed by atoms with Gasteiger partial charge in [0.25, 0.3) is 0 Å². The minimum absolute atomic E-state index is 0.0211. The maximum atomic E-state index is 12.2. The van der Waals surface area contributed by atoms with Crippen LogP contribution in [-0.2, 0) is 11.2 Å². The predicted molar refractivity (Wildman–Crippen MR) is 104 cm³/mol. The number of rotatable bonds is 8. The number of oxazole rings is 1. The van der Waals surface area contributed by atoms with Gasteiger partial charge in [0.15, 0.2) is 11.7 Å². The molecular weight excluding hydrogens is 340 g/mol. The largest absolute Gasteiger partial charge is 0.494 e. The Morgan fingerprint density at radius 1 is 1.15 bits per heavy atom. The van der Waals surface area contributed by atoms with Gasteiger partial charge in [-0.3, -0.25) is 4.79 Å². The minimum atomic E-state index is -0.0253. The van der Waals surface area contributed by atoms with Crippen molar-refractivity contribution in [1.29, 1.82) is 0 Å². The summed E-state index contributed by atoms with van der Waals surface area (Å²) in [4.78, 5) is 16.5. The lowest BCUT2D eigenvalue weighted by Crippen LogP contribution is -2.26. The van der Waals surface area contributed by atoms with Crippen LogP contribution in [0.25, 0.3) is 11.3 Å². The zero-order chi connectivity index (χ0) is 19.1. The van der Waals surface area contributed by atoms with E-state index in [2.05, 4.69) is 10.3 Å². The molecule has 0 saturated heterocycles. The molecule has 0 fully saturated rings. The highest BCUT2D eigenvalue weighted by Gasteiger charge is 2.12. The third-order valence-corrected chi connectivity index (χ3v) is 4.25. The molecule has 27 heavy (non-hydrogen) atoms. The molecule has 0 aliphatic rings. The Kier molecular flexibility index (Phi) is 6.26. The van der Waals surface area contributed by atoms with E-state index in [9.17, 15) is 4.79 Å². The summed E-state index contributed by atoms with van der Waals surface area (Å²) in [6.45, 7) is 4.56. The summed E-state index contributed by atoms with van der Waals surface area (Å²) in [6, 6.07) is 17.5. The Labute approximate surface area is 159 Å². The Bertz CT molecular complexity index is 857. The fourth-order valence-electron chi connectivity index (χ4n) is 2.80. The molecular formula is C22H24N2O3. The molecule has 1 heterocycles. The number of ether oxygens (including phenoxy) is 1. The average Bonchev–Trinajstić information content (AvgIpc) is 3.17. The van der Waals surface area contributed by atoms with Gasteiger partial charge in [-0.1, -0.05) is 30.3 Å². The van der Waals surface area contributed by atoms with Crippen LogP contribution in [-0.4, -0.2) is 17.5 Å². The van der Waals surface area contributed by atoms with Crippen LogP contribution in [0.15, 0.2) is 65.2 Å². The SMILES string of the molecule is CCOc1ccc(-c2cnc(CCC(=O)N[C@H](C)c3ccccc3)o2)cc1. The Morgan fingerprint density at radius 2 is 1.89 bits per heavy atom. The maximum Gasteiger partial charge on any atom is 0.220 e. The second-order valence-electron chi connectivity index (χ2n) is 6.28. The zero-order valence-electron chi connectivity index (χ0n) is 15.6. The van der Waals surface area contributed by atoms with Gasteiger partial charge >= 0.3 is 0 Å². The van der Waals surface area contributed by atoms with Crippen LogP contribution in [0, 0.1) is 0 Å². The van der Waals surface area contributed by atoms with E-state index in [0.29, 0.717) is 31.1 Å². The molecule has 1 aromatic heterocycles. The lowest BCUT2D eigenvalue weighted by atomic mass is 10.1. The van der Waals surface area contributed by atoms with Crippen molar-refractivity contribution in [3.05, 3.63) is 72.2 Å². The number of benzene rings is 2. The monoisotopic (exact) mass is 364 g/mol. The molecule has 0 unspecified atom stereocenters. The standard InChI is InChI=1S/C22H24N2O3/c1-3-26-19-11-9-18(10-12-19)20-15-23-22(27-20)14-13-21(25)24-16(2)17-7-5-4-6-8-17/h4-12,15-16H,3,13-14H2,1-2H3,(H,24,25)/t16-/m1/s1.